The second kappa shape index (κ2) is 6.71. The fourth-order valence-electron chi connectivity index (χ4n) is 3.68. The number of rotatable bonds is 4. The second-order valence-electron chi connectivity index (χ2n) is 6.82. The molecule has 3 atom stereocenters. The predicted octanol–water partition coefficient (Wildman–Crippen LogP) is 4.13. The zero-order valence-corrected chi connectivity index (χ0v) is 15.8. The molecule has 1 saturated heterocycles. The second-order valence-corrected chi connectivity index (χ2v) is 7.81. The molecule has 0 amide bonds. The summed E-state index contributed by atoms with van der Waals surface area (Å²) in [7, 11) is 4.15. The van der Waals surface area contributed by atoms with Crippen molar-refractivity contribution in [3.8, 4) is 0 Å². The van der Waals surface area contributed by atoms with Crippen molar-refractivity contribution >= 4 is 22.6 Å². The number of fused-ring (bicyclic) bond motifs is 1. The standard InChI is InChI=1S/C20H24N4S/c1-4-15-13-25-20-22-18(17-7-5-6-12-21-17)19(24(15)20)14-8-10-16(11-9-14)23(2)3/h5-12,15,18-19H,4,13H2,1-3H3/t15-,18+,19+/m0/s1. The van der Waals surface area contributed by atoms with E-state index >= 15 is 0 Å². The summed E-state index contributed by atoms with van der Waals surface area (Å²) in [5.41, 5.74) is 3.60. The lowest BCUT2D eigenvalue weighted by Crippen LogP contribution is -2.35. The summed E-state index contributed by atoms with van der Waals surface area (Å²) in [6.45, 7) is 2.27. The van der Waals surface area contributed by atoms with Crippen molar-refractivity contribution in [1.29, 1.82) is 0 Å². The Labute approximate surface area is 154 Å². The van der Waals surface area contributed by atoms with E-state index < -0.39 is 0 Å². The summed E-state index contributed by atoms with van der Waals surface area (Å²) in [6, 6.07) is 15.9. The summed E-state index contributed by atoms with van der Waals surface area (Å²) in [5, 5.41) is 1.18. The molecule has 4 rings (SSSR count). The molecule has 0 N–H and O–H groups in total. The molecule has 0 spiro atoms. The Morgan fingerprint density at radius 3 is 2.60 bits per heavy atom. The number of amidine groups is 1. The molecule has 130 valence electrons. The normalized spacial score (nSPS) is 25.0. The van der Waals surface area contributed by atoms with Crippen LogP contribution in [-0.4, -0.2) is 40.9 Å². The molecule has 25 heavy (non-hydrogen) atoms. The van der Waals surface area contributed by atoms with Gasteiger partial charge < -0.3 is 9.80 Å². The number of aliphatic imine (C=N–C) groups is 1. The van der Waals surface area contributed by atoms with Crippen LogP contribution in [0, 0.1) is 0 Å². The highest BCUT2D eigenvalue weighted by Gasteiger charge is 2.45. The number of thioether (sulfide) groups is 1. The van der Waals surface area contributed by atoms with Crippen molar-refractivity contribution in [3.05, 3.63) is 59.9 Å². The molecule has 5 heteroatoms. The van der Waals surface area contributed by atoms with Crippen LogP contribution in [0.5, 0.6) is 0 Å². The van der Waals surface area contributed by atoms with E-state index in [1.54, 1.807) is 0 Å². The Kier molecular flexibility index (Phi) is 4.42. The Hall–Kier alpha value is -2.01. The maximum atomic E-state index is 5.07. The average Bonchev–Trinajstić information content (AvgIpc) is 3.21. The van der Waals surface area contributed by atoms with E-state index in [-0.39, 0.29) is 12.1 Å². The van der Waals surface area contributed by atoms with Gasteiger partial charge in [-0.25, -0.2) is 0 Å². The molecule has 3 heterocycles. The summed E-state index contributed by atoms with van der Waals surface area (Å²) in [5.74, 6) is 1.14. The van der Waals surface area contributed by atoms with Crippen molar-refractivity contribution in [2.75, 3.05) is 24.7 Å². The fourth-order valence-corrected chi connectivity index (χ4v) is 5.02. The monoisotopic (exact) mass is 352 g/mol. The quantitative estimate of drug-likeness (QED) is 0.828. The average molecular weight is 353 g/mol. The molecule has 0 aliphatic carbocycles. The van der Waals surface area contributed by atoms with E-state index in [4.69, 9.17) is 4.99 Å². The smallest absolute Gasteiger partial charge is 0.160 e. The molecule has 2 aromatic rings. The van der Waals surface area contributed by atoms with Gasteiger partial charge in [-0.2, -0.15) is 0 Å². The van der Waals surface area contributed by atoms with Crippen LogP contribution in [0.25, 0.3) is 0 Å². The summed E-state index contributed by atoms with van der Waals surface area (Å²) >= 11 is 1.89. The van der Waals surface area contributed by atoms with Gasteiger partial charge in [-0.3, -0.25) is 9.98 Å². The maximum Gasteiger partial charge on any atom is 0.160 e. The van der Waals surface area contributed by atoms with Gasteiger partial charge in [0.05, 0.1) is 11.7 Å². The largest absolute Gasteiger partial charge is 0.378 e. The third kappa shape index (κ3) is 2.91. The SMILES string of the molecule is CC[C@H]1CSC2=N[C@H](c3ccccn3)[C@@H](c3ccc(N(C)C)cc3)N21. The summed E-state index contributed by atoms with van der Waals surface area (Å²) in [4.78, 5) is 14.3. The first-order valence-corrected chi connectivity index (χ1v) is 9.84. The molecule has 1 fully saturated rings. The lowest BCUT2D eigenvalue weighted by atomic mass is 9.95. The van der Waals surface area contributed by atoms with Crippen LogP contribution in [0.1, 0.15) is 36.7 Å². The molecule has 2 aliphatic heterocycles. The van der Waals surface area contributed by atoms with Crippen molar-refractivity contribution < 1.29 is 0 Å². The number of hydrogen-bond acceptors (Lipinski definition) is 5. The van der Waals surface area contributed by atoms with Crippen molar-refractivity contribution in [3.63, 3.8) is 0 Å². The van der Waals surface area contributed by atoms with E-state index in [9.17, 15) is 0 Å². The number of hydrogen-bond donors (Lipinski definition) is 0. The molecule has 0 unspecified atom stereocenters. The third-order valence-corrected chi connectivity index (χ3v) is 6.21. The van der Waals surface area contributed by atoms with E-state index in [1.807, 2.05) is 24.0 Å². The van der Waals surface area contributed by atoms with Gasteiger partial charge in [0.25, 0.3) is 0 Å². The Morgan fingerprint density at radius 1 is 1.16 bits per heavy atom. The molecule has 0 bridgehead atoms. The van der Waals surface area contributed by atoms with Crippen LogP contribution in [-0.2, 0) is 0 Å². The fraction of sp³-hybridized carbons (Fsp3) is 0.400. The molecule has 1 aromatic heterocycles. The van der Waals surface area contributed by atoms with Gasteiger partial charge in [0, 0.05) is 37.8 Å². The minimum atomic E-state index is 0.0725. The van der Waals surface area contributed by atoms with Crippen molar-refractivity contribution in [2.24, 2.45) is 4.99 Å². The van der Waals surface area contributed by atoms with Crippen LogP contribution >= 0.6 is 11.8 Å². The molecular formula is C20H24N4S. The van der Waals surface area contributed by atoms with Gasteiger partial charge in [0.15, 0.2) is 5.17 Å². The number of pyridine rings is 1. The third-order valence-electron chi connectivity index (χ3n) is 5.08. The van der Waals surface area contributed by atoms with Crippen LogP contribution in [0.3, 0.4) is 0 Å². The Morgan fingerprint density at radius 2 is 1.96 bits per heavy atom. The van der Waals surface area contributed by atoms with Crippen LogP contribution in [0.15, 0.2) is 53.7 Å². The number of aromatic nitrogens is 1. The summed E-state index contributed by atoms with van der Waals surface area (Å²) < 4.78 is 0. The van der Waals surface area contributed by atoms with Crippen molar-refractivity contribution in [1.82, 2.24) is 9.88 Å². The van der Waals surface area contributed by atoms with E-state index in [2.05, 4.69) is 72.2 Å². The van der Waals surface area contributed by atoms with E-state index in [0.29, 0.717) is 6.04 Å². The minimum absolute atomic E-state index is 0.0725. The van der Waals surface area contributed by atoms with Gasteiger partial charge in [0.1, 0.15) is 6.04 Å². The molecule has 0 saturated carbocycles. The first-order chi connectivity index (χ1) is 12.2. The van der Waals surface area contributed by atoms with Gasteiger partial charge in [-0.1, -0.05) is 36.9 Å². The zero-order valence-electron chi connectivity index (χ0n) is 15.0. The molecule has 4 nitrogen and oxygen atoms in total. The maximum absolute atomic E-state index is 5.07. The van der Waals surface area contributed by atoms with Crippen molar-refractivity contribution in [2.45, 2.75) is 31.5 Å². The van der Waals surface area contributed by atoms with Crippen LogP contribution in [0.2, 0.25) is 0 Å². The topological polar surface area (TPSA) is 31.7 Å². The highest BCUT2D eigenvalue weighted by atomic mass is 32.2. The Bertz CT molecular complexity index is 757. The van der Waals surface area contributed by atoms with Crippen LogP contribution in [0.4, 0.5) is 5.69 Å². The molecule has 2 aliphatic rings. The number of nitrogens with zero attached hydrogens (tertiary/aromatic N) is 4. The highest BCUT2D eigenvalue weighted by Crippen LogP contribution is 2.48. The molecular weight excluding hydrogens is 328 g/mol. The van der Waals surface area contributed by atoms with Gasteiger partial charge in [-0.05, 0) is 36.2 Å². The molecule has 1 aromatic carbocycles. The van der Waals surface area contributed by atoms with E-state index in [0.717, 1.165) is 17.9 Å². The van der Waals surface area contributed by atoms with Gasteiger partial charge in [-0.15, -0.1) is 0 Å². The van der Waals surface area contributed by atoms with Crippen LogP contribution < -0.4 is 4.90 Å². The summed E-state index contributed by atoms with van der Waals surface area (Å²) in [6.07, 6.45) is 3.02. The first-order valence-electron chi connectivity index (χ1n) is 8.86. The predicted molar refractivity (Wildman–Crippen MR) is 106 cm³/mol. The highest BCUT2D eigenvalue weighted by molar-refractivity contribution is 8.14. The first kappa shape index (κ1) is 16.5. The van der Waals surface area contributed by atoms with Gasteiger partial charge >= 0.3 is 0 Å². The zero-order chi connectivity index (χ0) is 17.4. The number of benzene rings is 1. The lowest BCUT2D eigenvalue weighted by Gasteiger charge is -2.32. The lowest BCUT2D eigenvalue weighted by molar-refractivity contribution is 0.255. The van der Waals surface area contributed by atoms with Gasteiger partial charge in [0.2, 0.25) is 0 Å². The van der Waals surface area contributed by atoms with E-state index in [1.165, 1.54) is 16.4 Å². The minimum Gasteiger partial charge on any atom is -0.378 e. The Balaban J connectivity index is 1.75. The molecule has 0 radical (unpaired) electrons. The number of anilines is 1.